The van der Waals surface area contributed by atoms with E-state index >= 15 is 0 Å². The molecular weight excluding hydrogens is 340 g/mol. The summed E-state index contributed by atoms with van der Waals surface area (Å²) in [5.74, 6) is -1.84. The van der Waals surface area contributed by atoms with Crippen molar-refractivity contribution < 1.29 is 13.6 Å². The maximum absolute atomic E-state index is 13.7. The highest BCUT2D eigenvalue weighted by molar-refractivity contribution is 6.03. The Labute approximate surface area is 147 Å². The minimum atomic E-state index is -0.789. The molecule has 0 radical (unpaired) electrons. The summed E-state index contributed by atoms with van der Waals surface area (Å²) in [6.45, 7) is 0. The highest BCUT2D eigenvalue weighted by Crippen LogP contribution is 2.20. The number of hydrogen-bond donors (Lipinski definition) is 2. The van der Waals surface area contributed by atoms with Gasteiger partial charge in [0, 0.05) is 17.8 Å². The number of rotatable bonds is 4. The Hall–Kier alpha value is -3.86. The van der Waals surface area contributed by atoms with Crippen molar-refractivity contribution >= 4 is 23.1 Å². The zero-order valence-corrected chi connectivity index (χ0v) is 13.2. The predicted molar refractivity (Wildman–Crippen MR) is 90.8 cm³/mol. The molecule has 128 valence electrons. The summed E-state index contributed by atoms with van der Waals surface area (Å²) in [6.07, 6.45) is 1.14. The second kappa shape index (κ2) is 7.36. The highest BCUT2D eigenvalue weighted by Gasteiger charge is 2.11. The standard InChI is InChI=1S/C18H11F2N5O/c19-12-4-5-15(14(20)7-12)25-17-8-16(22-10-23-17)18(26)24-13-3-1-2-11(6-13)9-21/h1-8,10H,(H,24,26)(H,22,23,25). The highest BCUT2D eigenvalue weighted by atomic mass is 19.1. The van der Waals surface area contributed by atoms with Crippen molar-refractivity contribution in [1.82, 2.24) is 9.97 Å². The number of amides is 1. The van der Waals surface area contributed by atoms with Crippen LogP contribution in [0.3, 0.4) is 0 Å². The van der Waals surface area contributed by atoms with Crippen molar-refractivity contribution in [3.05, 3.63) is 77.8 Å². The molecule has 2 aromatic carbocycles. The van der Waals surface area contributed by atoms with Crippen molar-refractivity contribution in [2.24, 2.45) is 0 Å². The lowest BCUT2D eigenvalue weighted by atomic mass is 10.2. The van der Waals surface area contributed by atoms with E-state index in [-0.39, 0.29) is 17.2 Å². The molecule has 0 aliphatic heterocycles. The predicted octanol–water partition coefficient (Wildman–Crippen LogP) is 3.62. The van der Waals surface area contributed by atoms with Gasteiger partial charge in [-0.25, -0.2) is 18.7 Å². The number of nitrogens with zero attached hydrogens (tertiary/aromatic N) is 3. The summed E-state index contributed by atoms with van der Waals surface area (Å²) in [5.41, 5.74) is 0.886. The zero-order valence-electron chi connectivity index (χ0n) is 13.2. The SMILES string of the molecule is N#Cc1cccc(NC(=O)c2cc(Nc3ccc(F)cc3F)ncn2)c1. The summed E-state index contributed by atoms with van der Waals surface area (Å²) >= 11 is 0. The van der Waals surface area contributed by atoms with Crippen LogP contribution in [-0.4, -0.2) is 15.9 Å². The summed E-state index contributed by atoms with van der Waals surface area (Å²) in [4.78, 5) is 20.1. The molecule has 0 saturated heterocycles. The minimum absolute atomic E-state index is 0.0122. The summed E-state index contributed by atoms with van der Waals surface area (Å²) in [7, 11) is 0. The average molecular weight is 351 g/mol. The van der Waals surface area contributed by atoms with Gasteiger partial charge in [-0.2, -0.15) is 5.26 Å². The van der Waals surface area contributed by atoms with Crippen molar-refractivity contribution in [2.75, 3.05) is 10.6 Å². The monoisotopic (exact) mass is 351 g/mol. The zero-order chi connectivity index (χ0) is 18.5. The summed E-state index contributed by atoms with van der Waals surface area (Å²) in [5, 5.41) is 14.2. The van der Waals surface area contributed by atoms with Gasteiger partial charge in [-0.3, -0.25) is 4.79 Å². The number of benzene rings is 2. The van der Waals surface area contributed by atoms with Crippen molar-refractivity contribution in [1.29, 1.82) is 5.26 Å². The molecule has 6 nitrogen and oxygen atoms in total. The second-order valence-corrected chi connectivity index (χ2v) is 5.18. The van der Waals surface area contributed by atoms with E-state index in [0.717, 1.165) is 18.5 Å². The number of nitrogens with one attached hydrogen (secondary N) is 2. The van der Waals surface area contributed by atoms with E-state index in [4.69, 9.17) is 5.26 Å². The molecule has 1 aromatic heterocycles. The van der Waals surface area contributed by atoms with Gasteiger partial charge in [0.05, 0.1) is 17.3 Å². The van der Waals surface area contributed by atoms with E-state index in [0.29, 0.717) is 11.3 Å². The van der Waals surface area contributed by atoms with E-state index in [9.17, 15) is 13.6 Å². The lowest BCUT2D eigenvalue weighted by Gasteiger charge is -2.08. The quantitative estimate of drug-likeness (QED) is 0.749. The molecule has 0 aliphatic carbocycles. The molecule has 0 saturated carbocycles. The molecular formula is C18H11F2N5O. The number of aromatic nitrogens is 2. The van der Waals surface area contributed by atoms with Gasteiger partial charge in [0.25, 0.3) is 5.91 Å². The van der Waals surface area contributed by atoms with Crippen LogP contribution >= 0.6 is 0 Å². The largest absolute Gasteiger partial charge is 0.338 e. The van der Waals surface area contributed by atoms with Gasteiger partial charge in [0.2, 0.25) is 0 Å². The van der Waals surface area contributed by atoms with Gasteiger partial charge >= 0.3 is 0 Å². The molecule has 3 rings (SSSR count). The molecule has 0 fully saturated rings. The third kappa shape index (κ3) is 3.96. The van der Waals surface area contributed by atoms with Crippen LogP contribution in [0.5, 0.6) is 0 Å². The Morgan fingerprint density at radius 1 is 1.08 bits per heavy atom. The minimum Gasteiger partial charge on any atom is -0.338 e. The maximum Gasteiger partial charge on any atom is 0.274 e. The number of carbonyl (C=O) groups excluding carboxylic acids is 1. The van der Waals surface area contributed by atoms with Crippen molar-refractivity contribution in [3.63, 3.8) is 0 Å². The first kappa shape index (κ1) is 17.0. The first-order valence-corrected chi connectivity index (χ1v) is 7.41. The molecule has 1 amide bonds. The lowest BCUT2D eigenvalue weighted by molar-refractivity contribution is 0.102. The fraction of sp³-hybridized carbons (Fsp3) is 0. The normalized spacial score (nSPS) is 10.0. The third-order valence-electron chi connectivity index (χ3n) is 3.34. The maximum atomic E-state index is 13.7. The molecule has 0 spiro atoms. The summed E-state index contributed by atoms with van der Waals surface area (Å²) < 4.78 is 26.7. The van der Waals surface area contributed by atoms with Gasteiger partial charge < -0.3 is 10.6 Å². The van der Waals surface area contributed by atoms with E-state index < -0.39 is 17.5 Å². The van der Waals surface area contributed by atoms with Crippen LogP contribution in [-0.2, 0) is 0 Å². The molecule has 0 unspecified atom stereocenters. The first-order valence-electron chi connectivity index (χ1n) is 7.41. The van der Waals surface area contributed by atoms with E-state index in [1.54, 1.807) is 18.2 Å². The Bertz CT molecular complexity index is 1020. The van der Waals surface area contributed by atoms with Crippen LogP contribution in [0, 0.1) is 23.0 Å². The Kier molecular flexibility index (Phi) is 4.80. The van der Waals surface area contributed by atoms with E-state index in [1.165, 1.54) is 18.2 Å². The molecule has 8 heteroatoms. The fourth-order valence-electron chi connectivity index (χ4n) is 2.14. The Morgan fingerprint density at radius 2 is 1.92 bits per heavy atom. The number of nitriles is 1. The number of hydrogen-bond acceptors (Lipinski definition) is 5. The molecule has 2 N–H and O–H groups in total. The third-order valence-corrected chi connectivity index (χ3v) is 3.34. The molecule has 0 bridgehead atoms. The van der Waals surface area contributed by atoms with Crippen molar-refractivity contribution in [2.45, 2.75) is 0 Å². The Balaban J connectivity index is 1.78. The second-order valence-electron chi connectivity index (χ2n) is 5.18. The van der Waals surface area contributed by atoms with Crippen LogP contribution in [0.1, 0.15) is 16.1 Å². The van der Waals surface area contributed by atoms with Crippen LogP contribution in [0.2, 0.25) is 0 Å². The van der Waals surface area contributed by atoms with Crippen LogP contribution in [0.15, 0.2) is 54.9 Å². The van der Waals surface area contributed by atoms with Crippen LogP contribution in [0.4, 0.5) is 26.0 Å². The molecule has 3 aromatic rings. The van der Waals surface area contributed by atoms with Gasteiger partial charge in [-0.1, -0.05) is 6.07 Å². The fourth-order valence-corrected chi connectivity index (χ4v) is 2.14. The molecule has 26 heavy (non-hydrogen) atoms. The number of halogens is 2. The first-order chi connectivity index (χ1) is 12.5. The Morgan fingerprint density at radius 3 is 2.69 bits per heavy atom. The van der Waals surface area contributed by atoms with Crippen LogP contribution in [0.25, 0.3) is 0 Å². The van der Waals surface area contributed by atoms with E-state index in [2.05, 4.69) is 20.6 Å². The summed E-state index contributed by atoms with van der Waals surface area (Å²) in [6, 6.07) is 12.8. The van der Waals surface area contributed by atoms with Gasteiger partial charge in [0.15, 0.2) is 0 Å². The van der Waals surface area contributed by atoms with Gasteiger partial charge in [-0.05, 0) is 30.3 Å². The lowest BCUT2D eigenvalue weighted by Crippen LogP contribution is -2.14. The average Bonchev–Trinajstić information content (AvgIpc) is 2.64. The van der Waals surface area contributed by atoms with E-state index in [1.807, 2.05) is 6.07 Å². The molecule has 1 heterocycles. The van der Waals surface area contributed by atoms with Gasteiger partial charge in [0.1, 0.15) is 29.5 Å². The number of anilines is 3. The topological polar surface area (TPSA) is 90.7 Å². The van der Waals surface area contributed by atoms with Crippen molar-refractivity contribution in [3.8, 4) is 6.07 Å². The number of carbonyl (C=O) groups is 1. The smallest absolute Gasteiger partial charge is 0.274 e. The molecule has 0 aliphatic rings. The molecule has 0 atom stereocenters. The van der Waals surface area contributed by atoms with Crippen LogP contribution < -0.4 is 10.6 Å². The van der Waals surface area contributed by atoms with Gasteiger partial charge in [-0.15, -0.1) is 0 Å².